The van der Waals surface area contributed by atoms with E-state index in [1.54, 1.807) is 59.9 Å². The van der Waals surface area contributed by atoms with Gasteiger partial charge in [-0.1, -0.05) is 47.5 Å². The van der Waals surface area contributed by atoms with Crippen molar-refractivity contribution in [3.63, 3.8) is 0 Å². The number of thiophene rings is 1. The molecule has 4 aromatic rings. The first-order valence-electron chi connectivity index (χ1n) is 10.1. The summed E-state index contributed by atoms with van der Waals surface area (Å²) in [6.45, 7) is 0. The average molecular weight is 482 g/mol. The normalized spacial score (nSPS) is 13.4. The highest BCUT2D eigenvalue weighted by Crippen LogP contribution is 2.35. The predicted octanol–water partition coefficient (Wildman–Crippen LogP) is 6.12. The van der Waals surface area contributed by atoms with Gasteiger partial charge in [-0.3, -0.25) is 9.59 Å². The molecule has 2 N–H and O–H groups in total. The van der Waals surface area contributed by atoms with Gasteiger partial charge in [0.05, 0.1) is 21.0 Å². The molecule has 0 saturated carbocycles. The molecule has 0 spiro atoms. The van der Waals surface area contributed by atoms with Gasteiger partial charge in [-0.2, -0.15) is 0 Å². The fourth-order valence-corrected chi connectivity index (χ4v) is 5.58. The van der Waals surface area contributed by atoms with Crippen LogP contribution >= 0.6 is 34.5 Å². The standard InChI is InChI=1S/C24H17Cl2N3O2S/c25-17-9-2-1-7-15(17)22(30)27-14-6-3-5-13(11-14)12-18(26)21-28-23(31)20-16-8-4-10-19(16)32-24(20)29-21/h1-3,5-7,9,11-12H,4,8,10H2,(H,27,30)(H,28,29,31)/b18-12-. The Morgan fingerprint density at radius 3 is 2.84 bits per heavy atom. The second-order valence-corrected chi connectivity index (χ2v) is 9.40. The van der Waals surface area contributed by atoms with Gasteiger partial charge in [0, 0.05) is 10.6 Å². The molecule has 1 aliphatic rings. The molecule has 160 valence electrons. The summed E-state index contributed by atoms with van der Waals surface area (Å²) in [5.74, 6) is 0.0274. The van der Waals surface area contributed by atoms with E-state index in [9.17, 15) is 9.59 Å². The number of carbonyl (C=O) groups is 1. The molecular formula is C24H17Cl2N3O2S. The number of anilines is 1. The maximum Gasteiger partial charge on any atom is 0.260 e. The Hall–Kier alpha value is -2.93. The number of nitrogens with one attached hydrogen (secondary N) is 2. The van der Waals surface area contributed by atoms with Crippen molar-refractivity contribution in [2.75, 3.05) is 5.32 Å². The summed E-state index contributed by atoms with van der Waals surface area (Å²) in [5.41, 5.74) is 2.72. The summed E-state index contributed by atoms with van der Waals surface area (Å²) in [5, 5.41) is 4.23. The van der Waals surface area contributed by atoms with Crippen molar-refractivity contribution in [1.29, 1.82) is 0 Å². The number of aryl methyl sites for hydroxylation is 2. The maximum absolute atomic E-state index is 12.7. The molecule has 0 unspecified atom stereocenters. The number of halogens is 2. The van der Waals surface area contributed by atoms with Crippen molar-refractivity contribution in [2.45, 2.75) is 19.3 Å². The lowest BCUT2D eigenvalue weighted by Crippen LogP contribution is -2.12. The van der Waals surface area contributed by atoms with E-state index in [1.807, 2.05) is 6.07 Å². The quantitative estimate of drug-likeness (QED) is 0.368. The molecular weight excluding hydrogens is 465 g/mol. The topological polar surface area (TPSA) is 74.8 Å². The number of aromatic nitrogens is 2. The second-order valence-electron chi connectivity index (χ2n) is 7.50. The van der Waals surface area contributed by atoms with Crippen molar-refractivity contribution >= 4 is 67.5 Å². The molecule has 2 aromatic carbocycles. The van der Waals surface area contributed by atoms with Crippen LogP contribution in [-0.2, 0) is 12.8 Å². The van der Waals surface area contributed by atoms with Gasteiger partial charge in [-0.15, -0.1) is 11.3 Å². The molecule has 0 bridgehead atoms. The molecule has 1 amide bonds. The van der Waals surface area contributed by atoms with Gasteiger partial charge in [-0.25, -0.2) is 4.98 Å². The molecule has 0 saturated heterocycles. The number of carbonyl (C=O) groups excluding carboxylic acids is 1. The molecule has 32 heavy (non-hydrogen) atoms. The largest absolute Gasteiger partial charge is 0.322 e. The Balaban J connectivity index is 1.42. The van der Waals surface area contributed by atoms with Crippen molar-refractivity contribution < 1.29 is 4.79 Å². The van der Waals surface area contributed by atoms with Gasteiger partial charge in [0.1, 0.15) is 4.83 Å². The van der Waals surface area contributed by atoms with Gasteiger partial charge >= 0.3 is 0 Å². The number of hydrogen-bond donors (Lipinski definition) is 2. The minimum absolute atomic E-state index is 0.156. The molecule has 8 heteroatoms. The number of nitrogens with zero attached hydrogens (tertiary/aromatic N) is 1. The molecule has 1 aliphatic carbocycles. The zero-order valence-electron chi connectivity index (χ0n) is 16.7. The number of H-pyrrole nitrogens is 1. The van der Waals surface area contributed by atoms with Crippen molar-refractivity contribution in [3.8, 4) is 0 Å². The minimum Gasteiger partial charge on any atom is -0.322 e. The number of fused-ring (bicyclic) bond motifs is 3. The van der Waals surface area contributed by atoms with E-state index in [-0.39, 0.29) is 11.5 Å². The van der Waals surface area contributed by atoms with Crippen LogP contribution < -0.4 is 10.9 Å². The predicted molar refractivity (Wildman–Crippen MR) is 132 cm³/mol. The van der Waals surface area contributed by atoms with Crippen molar-refractivity contribution in [2.24, 2.45) is 0 Å². The summed E-state index contributed by atoms with van der Waals surface area (Å²) in [7, 11) is 0. The van der Waals surface area contributed by atoms with Crippen LogP contribution in [0.5, 0.6) is 0 Å². The lowest BCUT2D eigenvalue weighted by Gasteiger charge is -2.08. The van der Waals surface area contributed by atoms with Crippen LogP contribution in [0.2, 0.25) is 5.02 Å². The minimum atomic E-state index is -0.301. The van der Waals surface area contributed by atoms with Crippen LogP contribution in [0.25, 0.3) is 21.3 Å². The smallest absolute Gasteiger partial charge is 0.260 e. The van der Waals surface area contributed by atoms with E-state index in [2.05, 4.69) is 15.3 Å². The third-order valence-electron chi connectivity index (χ3n) is 5.36. The van der Waals surface area contributed by atoms with E-state index >= 15 is 0 Å². The molecule has 5 rings (SSSR count). The number of hydrogen-bond acceptors (Lipinski definition) is 4. The van der Waals surface area contributed by atoms with Crippen molar-refractivity contribution in [3.05, 3.63) is 91.3 Å². The summed E-state index contributed by atoms with van der Waals surface area (Å²) in [4.78, 5) is 34.6. The van der Waals surface area contributed by atoms with Gasteiger partial charge in [0.2, 0.25) is 0 Å². The molecule has 5 nitrogen and oxygen atoms in total. The highest BCUT2D eigenvalue weighted by atomic mass is 35.5. The summed E-state index contributed by atoms with van der Waals surface area (Å²) in [6.07, 6.45) is 4.72. The summed E-state index contributed by atoms with van der Waals surface area (Å²) >= 11 is 14.2. The first kappa shape index (κ1) is 20.9. The van der Waals surface area contributed by atoms with E-state index < -0.39 is 0 Å². The number of rotatable bonds is 4. The summed E-state index contributed by atoms with van der Waals surface area (Å²) in [6, 6.07) is 14.1. The van der Waals surface area contributed by atoms with Gasteiger partial charge in [0.15, 0.2) is 5.82 Å². The highest BCUT2D eigenvalue weighted by Gasteiger charge is 2.21. The van der Waals surface area contributed by atoms with Gasteiger partial charge in [-0.05, 0) is 60.7 Å². The number of benzene rings is 2. The van der Waals surface area contributed by atoms with Crippen LogP contribution in [0.1, 0.15) is 38.6 Å². The summed E-state index contributed by atoms with van der Waals surface area (Å²) < 4.78 is 0. The molecule has 0 fully saturated rings. The van der Waals surface area contributed by atoms with E-state index in [1.165, 1.54) is 4.88 Å². The fraction of sp³-hybridized carbons (Fsp3) is 0.125. The number of aromatic amines is 1. The zero-order chi connectivity index (χ0) is 22.2. The number of amides is 1. The molecule has 0 radical (unpaired) electrons. The molecule has 2 aromatic heterocycles. The molecule has 0 aliphatic heterocycles. The highest BCUT2D eigenvalue weighted by molar-refractivity contribution is 7.18. The van der Waals surface area contributed by atoms with Crippen LogP contribution in [0.3, 0.4) is 0 Å². The van der Waals surface area contributed by atoms with E-state index in [0.717, 1.165) is 35.2 Å². The Morgan fingerprint density at radius 1 is 1.16 bits per heavy atom. The Labute approximate surface area is 197 Å². The third-order valence-corrected chi connectivity index (χ3v) is 7.16. The molecule has 2 heterocycles. The maximum atomic E-state index is 12.7. The fourth-order valence-electron chi connectivity index (χ4n) is 3.88. The zero-order valence-corrected chi connectivity index (χ0v) is 19.1. The third kappa shape index (κ3) is 3.97. The van der Waals surface area contributed by atoms with Gasteiger partial charge < -0.3 is 10.3 Å². The first-order valence-corrected chi connectivity index (χ1v) is 11.6. The van der Waals surface area contributed by atoms with Crippen LogP contribution in [-0.4, -0.2) is 15.9 Å². The lowest BCUT2D eigenvalue weighted by molar-refractivity contribution is 0.102. The Morgan fingerprint density at radius 2 is 2.00 bits per heavy atom. The molecule has 0 atom stereocenters. The average Bonchev–Trinajstić information content (AvgIpc) is 3.35. The van der Waals surface area contributed by atoms with Crippen molar-refractivity contribution in [1.82, 2.24) is 9.97 Å². The first-order chi connectivity index (χ1) is 15.5. The monoisotopic (exact) mass is 481 g/mol. The lowest BCUT2D eigenvalue weighted by atomic mass is 10.1. The van der Waals surface area contributed by atoms with E-state index in [4.69, 9.17) is 23.2 Å². The van der Waals surface area contributed by atoms with Crippen LogP contribution in [0, 0.1) is 0 Å². The Kier molecular flexibility index (Phi) is 5.59. The van der Waals surface area contributed by atoms with Crippen LogP contribution in [0.15, 0.2) is 53.3 Å². The van der Waals surface area contributed by atoms with E-state index in [0.29, 0.717) is 32.5 Å². The van der Waals surface area contributed by atoms with Gasteiger partial charge in [0.25, 0.3) is 11.5 Å². The second kappa shape index (κ2) is 8.54. The van der Waals surface area contributed by atoms with Crippen LogP contribution in [0.4, 0.5) is 5.69 Å². The SMILES string of the molecule is O=C(Nc1cccc(/C=C(\Cl)c2nc3sc4c(c3c(=O)[nH]2)CCC4)c1)c1ccccc1Cl. The Bertz CT molecular complexity index is 1460.